The number of ether oxygens (including phenoxy) is 2. The molecule has 0 spiro atoms. The van der Waals surface area contributed by atoms with Crippen LogP contribution in [-0.4, -0.2) is 183 Å². The van der Waals surface area contributed by atoms with Gasteiger partial charge in [-0.1, -0.05) is 39.3 Å². The summed E-state index contributed by atoms with van der Waals surface area (Å²) in [5, 5.41) is 46.8. The Balaban J connectivity index is 0.000000159. The molecular weight excluding hydrogens is 1330 g/mol. The van der Waals surface area contributed by atoms with Crippen molar-refractivity contribution >= 4 is 79.3 Å². The highest BCUT2D eigenvalue weighted by molar-refractivity contribution is 7.89. The van der Waals surface area contributed by atoms with Crippen LogP contribution in [0.4, 0.5) is 0 Å². The van der Waals surface area contributed by atoms with Crippen molar-refractivity contribution in [3.63, 3.8) is 0 Å². The zero-order valence-electron chi connectivity index (χ0n) is 57.3. The fourth-order valence-corrected chi connectivity index (χ4v) is 16.4. The number of aromatic amines is 2. The molecule has 12 heterocycles. The lowest BCUT2D eigenvalue weighted by Gasteiger charge is -2.50. The average molecular weight is 1410 g/mol. The van der Waals surface area contributed by atoms with E-state index in [1.54, 1.807) is 61.8 Å². The Labute approximate surface area is 570 Å². The quantitative estimate of drug-likeness (QED) is 0.0341. The smallest absolute Gasteiger partial charge is 0.214 e. The third-order valence-electron chi connectivity index (χ3n) is 18.3. The summed E-state index contributed by atoms with van der Waals surface area (Å²) < 4.78 is 95.1. The van der Waals surface area contributed by atoms with Gasteiger partial charge in [-0.25, -0.2) is 40.2 Å². The summed E-state index contributed by atoms with van der Waals surface area (Å²) in [5.74, 6) is -0.547. The van der Waals surface area contributed by atoms with Crippen LogP contribution in [0.3, 0.4) is 0 Å². The second-order valence-electron chi connectivity index (χ2n) is 27.1. The van der Waals surface area contributed by atoms with Crippen molar-refractivity contribution in [2.75, 3.05) is 69.7 Å². The van der Waals surface area contributed by atoms with E-state index in [-0.39, 0.29) is 49.4 Å². The van der Waals surface area contributed by atoms with Crippen LogP contribution in [0.25, 0.3) is 66.5 Å². The van der Waals surface area contributed by atoms with Gasteiger partial charge in [0.05, 0.1) is 65.9 Å². The molecule has 31 heteroatoms. The van der Waals surface area contributed by atoms with E-state index in [9.17, 15) is 35.8 Å². The number of hydrogen-bond acceptors (Lipinski definition) is 17. The van der Waals surface area contributed by atoms with Crippen LogP contribution in [0, 0.1) is 45.8 Å². The number of pyridine rings is 3. The molecule has 0 amide bonds. The first kappa shape index (κ1) is 73.2. The van der Waals surface area contributed by atoms with E-state index in [1.165, 1.54) is 19.0 Å². The molecule has 2 unspecified atom stereocenters. The molecule has 3 aliphatic rings. The van der Waals surface area contributed by atoms with Gasteiger partial charge in [-0.2, -0.15) is 44.0 Å². The second-order valence-corrected chi connectivity index (χ2v) is 45.2. The normalized spacial score (nSPS) is 16.4. The zero-order chi connectivity index (χ0) is 70.3. The SMILES string of the molecule is CCS(=O)(=O)N1CC(=C(C)C#N)C1.CCS(=O)(=O)N1CC(C(C)C#N)(n2cc(-c3ccnc4[nH]ccc34)cn2)C1.CCS(=O)(=O)N1CC(C(C)C#N)(n2cc(-c3ccnc4c3ccn4COCC[Si](C)(C)C)cn2)C1.C[Si](C)(C)CCOCn1ccc2c(-c3cn[nH]c3)ccnc21. The van der Waals surface area contributed by atoms with Crippen molar-refractivity contribution in [3.8, 4) is 51.6 Å². The van der Waals surface area contributed by atoms with Gasteiger partial charge in [0, 0.05) is 163 Å². The van der Waals surface area contributed by atoms with Crippen LogP contribution in [0.2, 0.25) is 51.4 Å². The molecule has 3 saturated heterocycles. The Morgan fingerprint density at radius 1 is 0.598 bits per heavy atom. The molecule has 2 N–H and O–H groups in total. The summed E-state index contributed by atoms with van der Waals surface area (Å²) in [7, 11) is -11.8. The van der Waals surface area contributed by atoms with Gasteiger partial charge in [-0.3, -0.25) is 14.5 Å². The predicted molar refractivity (Wildman–Crippen MR) is 381 cm³/mol. The summed E-state index contributed by atoms with van der Waals surface area (Å²) in [6, 6.07) is 20.9. The molecule has 9 aromatic rings. The summed E-state index contributed by atoms with van der Waals surface area (Å²) in [6.07, 6.45) is 22.3. The number of nitrogens with zero attached hydrogens (tertiary/aromatic N) is 16. The van der Waals surface area contributed by atoms with Gasteiger partial charge in [0.25, 0.3) is 0 Å². The maximum atomic E-state index is 12.3. The van der Waals surface area contributed by atoms with Crippen molar-refractivity contribution < 1.29 is 34.7 Å². The molecular formula is C66H88N18O8S3Si2. The van der Waals surface area contributed by atoms with E-state index < -0.39 is 63.2 Å². The first-order valence-electron chi connectivity index (χ1n) is 32.3. The van der Waals surface area contributed by atoms with Crippen LogP contribution in [0.1, 0.15) is 41.5 Å². The van der Waals surface area contributed by atoms with E-state index in [0.29, 0.717) is 32.1 Å². The Hall–Kier alpha value is -8.01. The Morgan fingerprint density at radius 3 is 1.44 bits per heavy atom. The van der Waals surface area contributed by atoms with Gasteiger partial charge in [0.1, 0.15) is 41.5 Å². The monoisotopic (exact) mass is 1410 g/mol. The molecule has 26 nitrogen and oxygen atoms in total. The fraction of sp³-hybridized carbons (Fsp3) is 0.470. The van der Waals surface area contributed by atoms with Crippen LogP contribution in [-0.2, 0) is 64.1 Å². The van der Waals surface area contributed by atoms with Gasteiger partial charge in [0.2, 0.25) is 30.1 Å². The average Bonchev–Trinajstić information content (AvgIpc) is 1.72. The molecule has 3 fully saturated rings. The Kier molecular flexibility index (Phi) is 22.7. The van der Waals surface area contributed by atoms with E-state index in [4.69, 9.17) is 14.7 Å². The third kappa shape index (κ3) is 16.3. The number of rotatable bonds is 23. The highest BCUT2D eigenvalue weighted by atomic mass is 32.2. The number of sulfonamides is 3. The molecule has 0 saturated carbocycles. The topological polar surface area (TPSA) is 331 Å². The predicted octanol–water partition coefficient (Wildman–Crippen LogP) is 9.91. The lowest BCUT2D eigenvalue weighted by Crippen LogP contribution is -2.67. The van der Waals surface area contributed by atoms with Crippen molar-refractivity contribution in [2.45, 2.75) is 117 Å². The third-order valence-corrected chi connectivity index (χ3v) is 27.0. The standard InChI is InChI=1S/C24H34N6O3SSi.C18H20N6O2S.C16H22N4OSi.C8H12N2O2S/c1-6-34(31,32)29-16-24(17-29,19(2)13-25)30-15-20(14-27-30)21-7-9-26-23-22(21)8-10-28(23)18-33-11-12-35(3,4)5;1-3-27(25,26)23-11-18(12-23,13(2)8-19)24-10-14(9-22-24)15-4-6-20-17-16(15)5-7-21-17;1-22(2,3)9-8-21-12-20-7-5-15-14(4-6-17-16(15)20)13-10-18-19-11-13;1-3-13(11,12)10-5-8(6-10)7(2)4-9/h7-10,14-15,19H,6,11-12,16-18H2,1-5H3;4-7,9-10,13H,3,11-12H2,1-2H3,(H,20,21);4-7,10-11H,8-9,12H2,1-3H3,(H,18,19);3,5-6H2,1-2H3. The number of hydrogen-bond donors (Lipinski definition) is 2. The molecule has 12 rings (SSSR count). The molecule has 0 aromatic carbocycles. The summed E-state index contributed by atoms with van der Waals surface area (Å²) >= 11 is 0. The minimum atomic E-state index is -3.31. The highest BCUT2D eigenvalue weighted by Crippen LogP contribution is 2.41. The van der Waals surface area contributed by atoms with Crippen LogP contribution in [0.15, 0.2) is 122 Å². The maximum Gasteiger partial charge on any atom is 0.214 e. The first-order chi connectivity index (χ1) is 46.0. The zero-order valence-corrected chi connectivity index (χ0v) is 61.7. The van der Waals surface area contributed by atoms with Gasteiger partial charge in [-0.15, -0.1) is 0 Å². The number of nitriles is 3. The Bertz CT molecular complexity index is 4730. The highest BCUT2D eigenvalue weighted by Gasteiger charge is 2.55. The lowest BCUT2D eigenvalue weighted by molar-refractivity contribution is 0.0357. The van der Waals surface area contributed by atoms with Crippen LogP contribution in [0.5, 0.6) is 0 Å². The van der Waals surface area contributed by atoms with Crippen LogP contribution < -0.4 is 0 Å². The molecule has 0 aliphatic carbocycles. The first-order valence-corrected chi connectivity index (χ1v) is 44.6. The minimum Gasteiger partial charge on any atom is -0.361 e. The van der Waals surface area contributed by atoms with E-state index in [1.807, 2.05) is 104 Å². The van der Waals surface area contributed by atoms with Gasteiger partial charge in [-0.05, 0) is 112 Å². The number of fused-ring (bicyclic) bond motifs is 3. The number of H-pyrrole nitrogens is 2. The van der Waals surface area contributed by atoms with Crippen molar-refractivity contribution in [3.05, 3.63) is 122 Å². The Morgan fingerprint density at radius 2 is 1.03 bits per heavy atom. The molecule has 9 aromatic heterocycles. The molecule has 516 valence electrons. The van der Waals surface area contributed by atoms with Crippen LogP contribution >= 0.6 is 0 Å². The minimum absolute atomic E-state index is 0.0439. The molecule has 97 heavy (non-hydrogen) atoms. The van der Waals surface area contributed by atoms with Gasteiger partial charge < -0.3 is 23.6 Å². The molecule has 2 atom stereocenters. The van der Waals surface area contributed by atoms with E-state index in [2.05, 4.69) is 102 Å². The largest absolute Gasteiger partial charge is 0.361 e. The second kappa shape index (κ2) is 30.0. The fourth-order valence-electron chi connectivity index (χ4n) is 11.4. The number of allylic oxidation sites excluding steroid dienone is 1. The number of aromatic nitrogens is 12. The molecule has 0 bridgehead atoms. The summed E-state index contributed by atoms with van der Waals surface area (Å²) in [5.41, 5.74) is 8.81. The summed E-state index contributed by atoms with van der Waals surface area (Å²) in [4.78, 5) is 16.5. The molecule has 0 radical (unpaired) electrons. The maximum absolute atomic E-state index is 12.3. The van der Waals surface area contributed by atoms with Crippen molar-refractivity contribution in [2.24, 2.45) is 11.8 Å². The van der Waals surface area contributed by atoms with Crippen molar-refractivity contribution in [1.82, 2.24) is 71.7 Å². The van der Waals surface area contributed by atoms with E-state index >= 15 is 0 Å². The van der Waals surface area contributed by atoms with Crippen molar-refractivity contribution in [1.29, 1.82) is 15.8 Å². The van der Waals surface area contributed by atoms with Gasteiger partial charge >= 0.3 is 0 Å². The summed E-state index contributed by atoms with van der Waals surface area (Å²) in [6.45, 7) is 28.7. The molecule has 3 aliphatic heterocycles. The number of nitrogens with one attached hydrogen (secondary N) is 2. The lowest BCUT2D eigenvalue weighted by atomic mass is 9.80. The van der Waals surface area contributed by atoms with Gasteiger partial charge in [0.15, 0.2) is 0 Å². The van der Waals surface area contributed by atoms with E-state index in [0.717, 1.165) is 91.3 Å².